The van der Waals surface area contributed by atoms with Crippen LogP contribution in [0.15, 0.2) is 52.9 Å². The van der Waals surface area contributed by atoms with E-state index in [0.29, 0.717) is 5.56 Å². The standard InChI is InChI=1S/C13H11N3O3.2H2O.V/c17-11-5-1-3-9(12(11)18)8-15-16-13(19)10-4-2-6-14-7-10;;;/h1-8,17-18H,(H,16,19);2*1H2;/q;;;+4/p-4/b15-8+;;;. The van der Waals surface area contributed by atoms with Crippen molar-refractivity contribution in [1.82, 2.24) is 4.98 Å². The summed E-state index contributed by atoms with van der Waals surface area (Å²) in [5.74, 6) is -1.87. The first-order valence-electron chi connectivity index (χ1n) is 5.34. The van der Waals surface area contributed by atoms with Crippen LogP contribution in [0.4, 0.5) is 0 Å². The second-order valence-corrected chi connectivity index (χ2v) is 3.57. The van der Waals surface area contributed by atoms with Gasteiger partial charge in [-0.3, -0.25) is 4.98 Å². The van der Waals surface area contributed by atoms with E-state index in [1.807, 2.05) is 0 Å². The normalized spacial score (nSPS) is 10.3. The van der Waals surface area contributed by atoms with Gasteiger partial charge in [-0.05, 0) is 11.6 Å². The summed E-state index contributed by atoms with van der Waals surface area (Å²) in [6, 6.07) is 7.18. The number of rotatable bonds is 3. The fraction of sp³-hybridized carbons (Fsp3) is 0. The Labute approximate surface area is 138 Å². The minimum absolute atomic E-state index is 0. The van der Waals surface area contributed by atoms with E-state index in [0.717, 1.165) is 12.3 Å². The van der Waals surface area contributed by atoms with E-state index in [1.165, 1.54) is 24.5 Å². The molecule has 0 aliphatic rings. The molecule has 0 aliphatic heterocycles. The predicted octanol–water partition coefficient (Wildman–Crippen LogP) is -1.63. The van der Waals surface area contributed by atoms with Crippen LogP contribution in [0.5, 0.6) is 11.5 Å². The number of hydrogen-bond donors (Lipinski definition) is 0. The van der Waals surface area contributed by atoms with E-state index in [1.54, 1.807) is 12.1 Å². The average molecular weight is 340 g/mol. The Morgan fingerprint density at radius 1 is 1.14 bits per heavy atom. The number of nitrogens with zero attached hydrogens (tertiary/aromatic N) is 3. The van der Waals surface area contributed by atoms with E-state index in [-0.39, 0.29) is 35.1 Å². The number of para-hydroxylation sites is 1. The third kappa shape index (κ3) is 5.54. The van der Waals surface area contributed by atoms with Crippen molar-refractivity contribution < 1.29 is 44.8 Å². The van der Waals surface area contributed by atoms with Crippen molar-refractivity contribution in [2.45, 2.75) is 0 Å². The van der Waals surface area contributed by atoms with Gasteiger partial charge in [0.1, 0.15) is 0 Å². The molecule has 0 saturated carbocycles. The molecule has 3 N–H and O–H groups in total. The minimum atomic E-state index is -0.671. The summed E-state index contributed by atoms with van der Waals surface area (Å²) in [6.45, 7) is 0. The quantitative estimate of drug-likeness (QED) is 0.370. The zero-order chi connectivity index (χ0) is 13.7. The smallest absolute Gasteiger partial charge is 0.873 e. The number of pyridine rings is 1. The summed E-state index contributed by atoms with van der Waals surface area (Å²) < 4.78 is 0. The van der Waals surface area contributed by atoms with Gasteiger partial charge < -0.3 is 26.3 Å². The first-order valence-corrected chi connectivity index (χ1v) is 5.34. The van der Waals surface area contributed by atoms with Crippen LogP contribution in [0.1, 0.15) is 11.1 Å². The number of hydrogen-bond acceptors (Lipinski definition) is 7. The molecule has 1 aromatic carbocycles. The molecular weight excluding hydrogens is 329 g/mol. The van der Waals surface area contributed by atoms with Crippen LogP contribution in [-0.2, 0) is 18.6 Å². The number of aromatic nitrogens is 1. The van der Waals surface area contributed by atoms with E-state index in [9.17, 15) is 15.3 Å². The molecule has 0 spiro atoms. The van der Waals surface area contributed by atoms with Crippen molar-refractivity contribution in [2.24, 2.45) is 10.2 Å². The Morgan fingerprint density at radius 2 is 1.86 bits per heavy atom. The van der Waals surface area contributed by atoms with Gasteiger partial charge in [0, 0.05) is 23.9 Å². The molecule has 113 valence electrons. The van der Waals surface area contributed by atoms with Gasteiger partial charge in [0.05, 0.1) is 6.21 Å². The van der Waals surface area contributed by atoms with E-state index < -0.39 is 17.4 Å². The van der Waals surface area contributed by atoms with Gasteiger partial charge in [0.2, 0.25) is 0 Å². The van der Waals surface area contributed by atoms with Crippen LogP contribution in [0.2, 0.25) is 0 Å². The number of benzene rings is 1. The third-order valence-corrected chi connectivity index (χ3v) is 2.26. The van der Waals surface area contributed by atoms with Gasteiger partial charge in [0.15, 0.2) is 0 Å². The Balaban J connectivity index is 0. The van der Waals surface area contributed by atoms with Crippen molar-refractivity contribution in [2.75, 3.05) is 0 Å². The Hall–Kier alpha value is -2.39. The zero-order valence-corrected chi connectivity index (χ0v) is 12.5. The van der Waals surface area contributed by atoms with Crippen molar-refractivity contribution in [3.05, 3.63) is 53.9 Å². The molecule has 0 atom stereocenters. The van der Waals surface area contributed by atoms with Crippen LogP contribution in [-0.4, -0.2) is 28.0 Å². The third-order valence-electron chi connectivity index (χ3n) is 2.26. The zero-order valence-electron chi connectivity index (χ0n) is 11.1. The van der Waals surface area contributed by atoms with Gasteiger partial charge in [0.25, 0.3) is 0 Å². The summed E-state index contributed by atoms with van der Waals surface area (Å²) in [6.07, 6.45) is 3.97. The van der Waals surface area contributed by atoms with Gasteiger partial charge in [-0.15, -0.1) is 11.5 Å². The molecular formula is C13H11N3O5V. The molecule has 1 radical (unpaired) electrons. The van der Waals surface area contributed by atoms with E-state index in [2.05, 4.69) is 15.2 Å². The van der Waals surface area contributed by atoms with Gasteiger partial charge >= 0.3 is 18.6 Å². The molecule has 0 aliphatic carbocycles. The molecule has 0 fully saturated rings. The van der Waals surface area contributed by atoms with Gasteiger partial charge in [-0.2, -0.15) is 10.2 Å². The van der Waals surface area contributed by atoms with E-state index >= 15 is 0 Å². The molecule has 0 unspecified atom stereocenters. The summed E-state index contributed by atoms with van der Waals surface area (Å²) in [5.41, 5.74) is 0.384. The maximum absolute atomic E-state index is 11.5. The van der Waals surface area contributed by atoms with Crippen LogP contribution >= 0.6 is 0 Å². The molecule has 22 heavy (non-hydrogen) atoms. The maximum Gasteiger partial charge on any atom is 4.00 e. The van der Waals surface area contributed by atoms with Gasteiger partial charge in [-0.25, -0.2) is 0 Å². The molecule has 2 aromatic rings. The fourth-order valence-electron chi connectivity index (χ4n) is 1.32. The second-order valence-electron chi connectivity index (χ2n) is 3.57. The van der Waals surface area contributed by atoms with Crippen LogP contribution in [0.3, 0.4) is 0 Å². The molecule has 0 saturated heterocycles. The molecule has 8 nitrogen and oxygen atoms in total. The second kappa shape index (κ2) is 10.4. The van der Waals surface area contributed by atoms with Crippen molar-refractivity contribution in [1.29, 1.82) is 0 Å². The predicted molar refractivity (Wildman–Crippen MR) is 69.3 cm³/mol. The van der Waals surface area contributed by atoms with Crippen LogP contribution in [0, 0.1) is 0 Å². The molecule has 0 bridgehead atoms. The topological polar surface area (TPSA) is 168 Å². The van der Waals surface area contributed by atoms with Crippen LogP contribution in [0.25, 0.3) is 0 Å². The van der Waals surface area contributed by atoms with Crippen LogP contribution < -0.4 is 15.3 Å². The Bertz CT molecular complexity index is 635. The first-order chi connectivity index (χ1) is 9.18. The Morgan fingerprint density at radius 3 is 2.50 bits per heavy atom. The van der Waals surface area contributed by atoms with Crippen molar-refractivity contribution >= 4 is 12.1 Å². The maximum atomic E-state index is 11.5. The molecule has 1 heterocycles. The minimum Gasteiger partial charge on any atom is -0.873 e. The first kappa shape index (κ1) is 21.9. The van der Waals surface area contributed by atoms with E-state index in [4.69, 9.17) is 0 Å². The summed E-state index contributed by atoms with van der Waals surface area (Å²) >= 11 is 0. The molecule has 0 amide bonds. The summed E-state index contributed by atoms with van der Waals surface area (Å²) in [7, 11) is 0. The van der Waals surface area contributed by atoms with Crippen molar-refractivity contribution in [3.63, 3.8) is 0 Å². The van der Waals surface area contributed by atoms with Gasteiger partial charge in [-0.1, -0.05) is 24.3 Å². The molecule has 1 aromatic heterocycles. The summed E-state index contributed by atoms with van der Waals surface area (Å²) in [4.78, 5) is 3.77. The monoisotopic (exact) mass is 340 g/mol. The Kier molecular flexibility index (Phi) is 10.3. The SMILES string of the molecule is O.[O-]/C(=N\N=C\c1cccc([O-])c1[O-])c1cccnc1.[OH-].[V+4]. The average Bonchev–Trinajstić information content (AvgIpc) is 2.44. The fourth-order valence-corrected chi connectivity index (χ4v) is 1.32. The van der Waals surface area contributed by atoms with Crippen molar-refractivity contribution in [3.8, 4) is 11.5 Å². The summed E-state index contributed by atoms with van der Waals surface area (Å²) in [5, 5.41) is 40.9. The molecule has 9 heteroatoms. The molecule has 2 rings (SSSR count). The largest absolute Gasteiger partial charge is 4.00 e.